The molecule has 0 aromatic rings. The molecule has 1 unspecified atom stereocenters. The van der Waals surface area contributed by atoms with Crippen molar-refractivity contribution >= 4 is 29.9 Å². The van der Waals surface area contributed by atoms with Crippen LogP contribution in [0.4, 0.5) is 0 Å². The summed E-state index contributed by atoms with van der Waals surface area (Å²) in [4.78, 5) is 6.72. The molecule has 0 spiro atoms. The van der Waals surface area contributed by atoms with E-state index in [-0.39, 0.29) is 24.0 Å². The first-order chi connectivity index (χ1) is 9.00. The molecule has 0 bridgehead atoms. The zero-order valence-corrected chi connectivity index (χ0v) is 15.4. The van der Waals surface area contributed by atoms with E-state index in [1.165, 1.54) is 12.8 Å². The van der Waals surface area contributed by atoms with E-state index in [4.69, 9.17) is 0 Å². The van der Waals surface area contributed by atoms with Gasteiger partial charge in [0.15, 0.2) is 5.96 Å². The molecular weight excluding hydrogens is 365 g/mol. The summed E-state index contributed by atoms with van der Waals surface area (Å²) >= 11 is 0. The standard InChI is InChI=1S/C15H29N3O.HI/c1-4-14(2)9-10-18(12-14)13(16-3)17-11-15(19)7-5-6-8-15;/h19H,4-12H2,1-3H3,(H,16,17);1H. The Morgan fingerprint density at radius 1 is 1.30 bits per heavy atom. The van der Waals surface area contributed by atoms with Crippen LogP contribution in [0.25, 0.3) is 0 Å². The van der Waals surface area contributed by atoms with Crippen LogP contribution < -0.4 is 5.32 Å². The minimum absolute atomic E-state index is 0. The normalized spacial score (nSPS) is 29.4. The average Bonchev–Trinajstić information content (AvgIpc) is 2.99. The van der Waals surface area contributed by atoms with Gasteiger partial charge in [-0.05, 0) is 31.1 Å². The van der Waals surface area contributed by atoms with E-state index in [0.29, 0.717) is 12.0 Å². The van der Waals surface area contributed by atoms with E-state index in [1.54, 1.807) is 0 Å². The van der Waals surface area contributed by atoms with E-state index in [2.05, 4.69) is 29.1 Å². The van der Waals surface area contributed by atoms with E-state index in [9.17, 15) is 5.11 Å². The predicted molar refractivity (Wildman–Crippen MR) is 94.8 cm³/mol. The Morgan fingerprint density at radius 2 is 1.95 bits per heavy atom. The molecule has 1 saturated heterocycles. The second-order valence-corrected chi connectivity index (χ2v) is 6.67. The molecule has 2 rings (SSSR count). The summed E-state index contributed by atoms with van der Waals surface area (Å²) in [5.74, 6) is 0.956. The van der Waals surface area contributed by atoms with Crippen molar-refractivity contribution in [3.05, 3.63) is 0 Å². The quantitative estimate of drug-likeness (QED) is 0.439. The van der Waals surface area contributed by atoms with Crippen LogP contribution in [0, 0.1) is 5.41 Å². The number of rotatable bonds is 3. The molecule has 1 heterocycles. The van der Waals surface area contributed by atoms with Crippen molar-refractivity contribution in [2.24, 2.45) is 10.4 Å². The summed E-state index contributed by atoms with van der Waals surface area (Å²) in [6.45, 7) is 7.40. The third-order valence-corrected chi connectivity index (χ3v) is 5.03. The second kappa shape index (κ2) is 7.29. The molecule has 1 saturated carbocycles. The van der Waals surface area contributed by atoms with Gasteiger partial charge < -0.3 is 15.3 Å². The summed E-state index contributed by atoms with van der Waals surface area (Å²) in [6.07, 6.45) is 6.58. The maximum Gasteiger partial charge on any atom is 0.193 e. The van der Waals surface area contributed by atoms with E-state index < -0.39 is 5.60 Å². The third kappa shape index (κ3) is 4.23. The first kappa shape index (κ1) is 18.0. The number of aliphatic hydroxyl groups is 1. The highest BCUT2D eigenvalue weighted by Crippen LogP contribution is 2.33. The van der Waals surface area contributed by atoms with Gasteiger partial charge in [-0.2, -0.15) is 0 Å². The van der Waals surface area contributed by atoms with Gasteiger partial charge in [0.05, 0.1) is 5.60 Å². The van der Waals surface area contributed by atoms with E-state index >= 15 is 0 Å². The molecule has 1 aliphatic heterocycles. The number of guanidine groups is 1. The molecule has 0 aromatic heterocycles. The zero-order valence-electron chi connectivity index (χ0n) is 13.1. The minimum atomic E-state index is -0.510. The molecule has 2 N–H and O–H groups in total. The minimum Gasteiger partial charge on any atom is -0.388 e. The van der Waals surface area contributed by atoms with Crippen LogP contribution in [0.15, 0.2) is 4.99 Å². The van der Waals surface area contributed by atoms with Crippen molar-refractivity contribution < 1.29 is 5.11 Å². The highest BCUT2D eigenvalue weighted by Gasteiger charge is 2.35. The molecule has 1 atom stereocenters. The summed E-state index contributed by atoms with van der Waals surface area (Å²) in [6, 6.07) is 0. The number of likely N-dealkylation sites (tertiary alicyclic amines) is 1. The molecule has 4 nitrogen and oxygen atoms in total. The highest BCUT2D eigenvalue weighted by atomic mass is 127. The van der Waals surface area contributed by atoms with Crippen molar-refractivity contribution in [3.63, 3.8) is 0 Å². The number of nitrogens with one attached hydrogen (secondary N) is 1. The van der Waals surface area contributed by atoms with Gasteiger partial charge in [-0.3, -0.25) is 4.99 Å². The molecule has 1 aliphatic carbocycles. The van der Waals surface area contributed by atoms with Crippen LogP contribution >= 0.6 is 24.0 Å². The molecule has 118 valence electrons. The van der Waals surface area contributed by atoms with Gasteiger partial charge in [0.2, 0.25) is 0 Å². The molecule has 2 aliphatic rings. The monoisotopic (exact) mass is 395 g/mol. The molecule has 0 amide bonds. The Labute approximate surface area is 140 Å². The lowest BCUT2D eigenvalue weighted by molar-refractivity contribution is 0.0516. The first-order valence-electron chi connectivity index (χ1n) is 7.68. The van der Waals surface area contributed by atoms with Crippen LogP contribution in [0.3, 0.4) is 0 Å². The third-order valence-electron chi connectivity index (χ3n) is 5.03. The van der Waals surface area contributed by atoms with Gasteiger partial charge in [0, 0.05) is 26.7 Å². The Balaban J connectivity index is 0.00000200. The number of hydrogen-bond donors (Lipinski definition) is 2. The molecule has 20 heavy (non-hydrogen) atoms. The molecule has 0 aromatic carbocycles. The summed E-state index contributed by atoms with van der Waals surface area (Å²) in [5.41, 5.74) is -0.0917. The summed E-state index contributed by atoms with van der Waals surface area (Å²) in [5, 5.41) is 13.8. The van der Waals surface area contributed by atoms with Gasteiger partial charge in [0.25, 0.3) is 0 Å². The Hall–Kier alpha value is -0.0400. The van der Waals surface area contributed by atoms with Crippen LogP contribution in [0.1, 0.15) is 52.4 Å². The lowest BCUT2D eigenvalue weighted by Gasteiger charge is -2.28. The van der Waals surface area contributed by atoms with E-state index in [0.717, 1.165) is 44.7 Å². The highest BCUT2D eigenvalue weighted by molar-refractivity contribution is 14.0. The number of hydrogen-bond acceptors (Lipinski definition) is 2. The van der Waals surface area contributed by atoms with Gasteiger partial charge >= 0.3 is 0 Å². The van der Waals surface area contributed by atoms with Gasteiger partial charge in [-0.1, -0.05) is 26.7 Å². The predicted octanol–water partition coefficient (Wildman–Crippen LogP) is 2.61. The largest absolute Gasteiger partial charge is 0.388 e. The summed E-state index contributed by atoms with van der Waals surface area (Å²) in [7, 11) is 1.84. The lowest BCUT2D eigenvalue weighted by atomic mass is 9.87. The maximum atomic E-state index is 10.4. The van der Waals surface area contributed by atoms with E-state index in [1.807, 2.05) is 7.05 Å². The van der Waals surface area contributed by atoms with Crippen molar-refractivity contribution in [1.29, 1.82) is 0 Å². The zero-order chi connectivity index (χ0) is 13.9. The van der Waals surface area contributed by atoms with Crippen molar-refractivity contribution in [3.8, 4) is 0 Å². The van der Waals surface area contributed by atoms with Gasteiger partial charge in [-0.15, -0.1) is 24.0 Å². The van der Waals surface area contributed by atoms with Gasteiger partial charge in [-0.25, -0.2) is 0 Å². The molecule has 0 radical (unpaired) electrons. The topological polar surface area (TPSA) is 47.9 Å². The fraction of sp³-hybridized carbons (Fsp3) is 0.933. The molecule has 5 heteroatoms. The Bertz CT molecular complexity index is 342. The Morgan fingerprint density at radius 3 is 2.45 bits per heavy atom. The number of aliphatic imine (C=N–C) groups is 1. The lowest BCUT2D eigenvalue weighted by Crippen LogP contribution is -2.47. The second-order valence-electron chi connectivity index (χ2n) is 6.67. The van der Waals surface area contributed by atoms with Crippen LogP contribution in [0.2, 0.25) is 0 Å². The van der Waals surface area contributed by atoms with Gasteiger partial charge in [0.1, 0.15) is 0 Å². The first-order valence-corrected chi connectivity index (χ1v) is 7.68. The summed E-state index contributed by atoms with van der Waals surface area (Å²) < 4.78 is 0. The van der Waals surface area contributed by atoms with Crippen molar-refractivity contribution in [1.82, 2.24) is 10.2 Å². The van der Waals surface area contributed by atoms with Crippen molar-refractivity contribution in [2.75, 3.05) is 26.7 Å². The molecule has 2 fully saturated rings. The van der Waals surface area contributed by atoms with Crippen molar-refractivity contribution in [2.45, 2.75) is 58.0 Å². The molecular formula is C15H30IN3O. The fourth-order valence-electron chi connectivity index (χ4n) is 3.28. The SMILES string of the molecule is CCC1(C)CCN(C(=NC)NCC2(O)CCCC2)C1.I. The maximum absolute atomic E-state index is 10.4. The fourth-order valence-corrected chi connectivity index (χ4v) is 3.28. The van der Waals surface area contributed by atoms with Crippen LogP contribution in [-0.2, 0) is 0 Å². The number of halogens is 1. The average molecular weight is 395 g/mol. The Kier molecular flexibility index (Phi) is 6.57. The smallest absolute Gasteiger partial charge is 0.193 e. The van der Waals surface area contributed by atoms with Crippen LogP contribution in [-0.4, -0.2) is 48.2 Å². The van der Waals surface area contributed by atoms with Crippen LogP contribution in [0.5, 0.6) is 0 Å². The number of nitrogens with zero attached hydrogens (tertiary/aromatic N) is 2.